The highest BCUT2D eigenvalue weighted by molar-refractivity contribution is 6.30. The summed E-state index contributed by atoms with van der Waals surface area (Å²) >= 11 is 5.97. The van der Waals surface area contributed by atoms with Crippen LogP contribution in [0.25, 0.3) is 0 Å². The van der Waals surface area contributed by atoms with Crippen molar-refractivity contribution in [2.75, 3.05) is 13.1 Å². The number of likely N-dealkylation sites (tertiary alicyclic amines) is 1. The van der Waals surface area contributed by atoms with Crippen molar-refractivity contribution >= 4 is 23.9 Å². The van der Waals surface area contributed by atoms with E-state index in [9.17, 15) is 14.7 Å². The van der Waals surface area contributed by atoms with Crippen LogP contribution < -0.4 is 5.32 Å². The lowest BCUT2D eigenvalue weighted by molar-refractivity contribution is -0.140. The second-order valence-electron chi connectivity index (χ2n) is 8.91. The Morgan fingerprint density at radius 3 is 2.06 bits per heavy atom. The van der Waals surface area contributed by atoms with Crippen molar-refractivity contribution in [3.63, 3.8) is 0 Å². The van der Waals surface area contributed by atoms with Gasteiger partial charge in [-0.25, -0.2) is 0 Å². The molecular formula is C24H43ClN2O5. The molecule has 186 valence electrons. The van der Waals surface area contributed by atoms with E-state index in [1.165, 1.54) is 44.6 Å². The number of nitrogens with one attached hydrogen (secondary N) is 1. The van der Waals surface area contributed by atoms with Gasteiger partial charge in [0.25, 0.3) is 0 Å². The lowest BCUT2D eigenvalue weighted by atomic mass is 9.70. The minimum atomic E-state index is -0.931. The zero-order valence-electron chi connectivity index (χ0n) is 18.9. The van der Waals surface area contributed by atoms with Gasteiger partial charge in [0.05, 0.1) is 6.10 Å². The molecule has 2 fully saturated rings. The molecule has 0 bridgehead atoms. The second kappa shape index (κ2) is 15.2. The maximum absolute atomic E-state index is 12.6. The molecule has 1 aromatic rings. The highest BCUT2D eigenvalue weighted by Crippen LogP contribution is 2.42. The van der Waals surface area contributed by atoms with Gasteiger partial charge in [0.1, 0.15) is 6.04 Å². The Hall–Kier alpha value is -1.67. The fourth-order valence-electron chi connectivity index (χ4n) is 4.43. The van der Waals surface area contributed by atoms with Crippen LogP contribution in [-0.4, -0.2) is 58.5 Å². The van der Waals surface area contributed by atoms with Gasteiger partial charge in [0.2, 0.25) is 12.3 Å². The molecule has 0 aromatic heterocycles. The average Bonchev–Trinajstić information content (AvgIpc) is 3.25. The van der Waals surface area contributed by atoms with Crippen LogP contribution in [0.4, 0.5) is 0 Å². The molecule has 0 radical (unpaired) electrons. The first-order valence-corrected chi connectivity index (χ1v) is 11.1. The van der Waals surface area contributed by atoms with Crippen LogP contribution in [0.1, 0.15) is 78.2 Å². The number of piperidine rings is 1. The molecule has 32 heavy (non-hydrogen) atoms. The molecule has 1 heterocycles. The van der Waals surface area contributed by atoms with Crippen LogP contribution in [0.2, 0.25) is 5.02 Å². The summed E-state index contributed by atoms with van der Waals surface area (Å²) in [6.07, 6.45) is 7.86. The maximum Gasteiger partial charge on any atom is 0.247 e. The molecule has 2 amide bonds. The van der Waals surface area contributed by atoms with Gasteiger partial charge in [-0.1, -0.05) is 77.1 Å². The fourth-order valence-corrected chi connectivity index (χ4v) is 4.55. The Kier molecular flexibility index (Phi) is 15.5. The SMILES string of the molecule is C.C1CCCC1.CC(O)[C@@H](NC=O)C(=O)N1CCC(c2ccc(Cl)cc2)C(C)(C)C1.O.O. The van der Waals surface area contributed by atoms with Crippen LogP contribution in [0.5, 0.6) is 0 Å². The number of carbonyl (C=O) groups excluding carboxylic acids is 2. The summed E-state index contributed by atoms with van der Waals surface area (Å²) in [7, 11) is 0. The van der Waals surface area contributed by atoms with Crippen molar-refractivity contribution < 1.29 is 25.6 Å². The quantitative estimate of drug-likeness (QED) is 0.635. The van der Waals surface area contributed by atoms with E-state index in [1.807, 2.05) is 24.3 Å². The molecule has 1 aliphatic carbocycles. The van der Waals surface area contributed by atoms with Crippen LogP contribution in [-0.2, 0) is 9.59 Å². The van der Waals surface area contributed by atoms with E-state index in [4.69, 9.17) is 11.6 Å². The Morgan fingerprint density at radius 1 is 1.16 bits per heavy atom. The number of aliphatic hydroxyl groups excluding tert-OH is 1. The van der Waals surface area contributed by atoms with E-state index in [1.54, 1.807) is 4.90 Å². The van der Waals surface area contributed by atoms with Crippen LogP contribution >= 0.6 is 11.6 Å². The van der Waals surface area contributed by atoms with Gasteiger partial charge in [-0.15, -0.1) is 0 Å². The monoisotopic (exact) mass is 474 g/mol. The normalized spacial score (nSPS) is 20.7. The van der Waals surface area contributed by atoms with Crippen molar-refractivity contribution in [1.82, 2.24) is 10.2 Å². The average molecular weight is 475 g/mol. The van der Waals surface area contributed by atoms with E-state index in [-0.39, 0.29) is 29.7 Å². The number of amides is 2. The Morgan fingerprint density at radius 2 is 1.66 bits per heavy atom. The van der Waals surface area contributed by atoms with Gasteiger partial charge < -0.3 is 26.3 Å². The van der Waals surface area contributed by atoms with E-state index in [0.717, 1.165) is 6.42 Å². The minimum absolute atomic E-state index is 0. The zero-order chi connectivity index (χ0) is 21.4. The largest absolute Gasteiger partial charge is 0.412 e. The molecule has 2 aliphatic rings. The van der Waals surface area contributed by atoms with E-state index >= 15 is 0 Å². The van der Waals surface area contributed by atoms with Crippen molar-refractivity contribution in [1.29, 1.82) is 0 Å². The van der Waals surface area contributed by atoms with Crippen molar-refractivity contribution in [2.45, 2.75) is 84.8 Å². The number of hydrogen-bond donors (Lipinski definition) is 2. The third-order valence-corrected chi connectivity index (χ3v) is 6.31. The third kappa shape index (κ3) is 9.06. The fraction of sp³-hybridized carbons (Fsp3) is 0.667. The summed E-state index contributed by atoms with van der Waals surface area (Å²) in [4.78, 5) is 25.1. The molecule has 3 atom stereocenters. The van der Waals surface area contributed by atoms with Gasteiger partial charge >= 0.3 is 0 Å². The van der Waals surface area contributed by atoms with Crippen molar-refractivity contribution in [3.8, 4) is 0 Å². The predicted octanol–water partition coefficient (Wildman–Crippen LogP) is 3.11. The maximum atomic E-state index is 12.6. The van der Waals surface area contributed by atoms with E-state index in [2.05, 4.69) is 19.2 Å². The van der Waals surface area contributed by atoms with Crippen LogP contribution in [0.15, 0.2) is 24.3 Å². The Balaban J connectivity index is 0. The van der Waals surface area contributed by atoms with E-state index < -0.39 is 12.1 Å². The number of rotatable bonds is 5. The summed E-state index contributed by atoms with van der Waals surface area (Å²) in [5, 5.41) is 12.9. The molecule has 3 rings (SSSR count). The van der Waals surface area contributed by atoms with Gasteiger partial charge in [-0.3, -0.25) is 9.59 Å². The molecule has 1 saturated carbocycles. The van der Waals surface area contributed by atoms with Crippen LogP contribution in [0.3, 0.4) is 0 Å². The number of aliphatic hydroxyl groups is 1. The van der Waals surface area contributed by atoms with Gasteiger partial charge in [0, 0.05) is 18.1 Å². The van der Waals surface area contributed by atoms with Gasteiger partial charge in [-0.2, -0.15) is 0 Å². The number of halogens is 1. The first-order chi connectivity index (χ1) is 13.8. The summed E-state index contributed by atoms with van der Waals surface area (Å²) in [6, 6.07) is 6.96. The first kappa shape index (κ1) is 32.5. The molecule has 0 spiro atoms. The molecule has 1 aromatic carbocycles. The zero-order valence-corrected chi connectivity index (χ0v) is 19.6. The first-order valence-electron chi connectivity index (χ1n) is 10.7. The highest BCUT2D eigenvalue weighted by Gasteiger charge is 2.40. The number of carbonyl (C=O) groups is 2. The summed E-state index contributed by atoms with van der Waals surface area (Å²) in [5.41, 5.74) is 1.10. The van der Waals surface area contributed by atoms with Crippen LogP contribution in [0, 0.1) is 5.41 Å². The predicted molar refractivity (Wildman–Crippen MR) is 131 cm³/mol. The molecular weight excluding hydrogens is 432 g/mol. The van der Waals surface area contributed by atoms with Gasteiger partial charge in [-0.05, 0) is 42.4 Å². The van der Waals surface area contributed by atoms with Gasteiger partial charge in [0.15, 0.2) is 0 Å². The smallest absolute Gasteiger partial charge is 0.247 e. The highest BCUT2D eigenvalue weighted by atomic mass is 35.5. The summed E-state index contributed by atoms with van der Waals surface area (Å²) in [6.45, 7) is 6.94. The molecule has 1 saturated heterocycles. The molecule has 2 unspecified atom stereocenters. The number of nitrogens with zero attached hydrogens (tertiary/aromatic N) is 1. The summed E-state index contributed by atoms with van der Waals surface area (Å²) < 4.78 is 0. The van der Waals surface area contributed by atoms with E-state index in [0.29, 0.717) is 30.4 Å². The number of hydrogen-bond acceptors (Lipinski definition) is 3. The standard InChI is InChI=1S/C18H25ClN2O3.C5H10.CH4.2H2O/c1-12(23)16(20-11-22)17(24)21-9-8-15(18(2,3)10-21)13-4-6-14(19)7-5-13;1-2-4-5-3-1;;;/h4-7,11-12,15-16,23H,8-10H2,1-3H3,(H,20,22);1-5H2;1H4;2*1H2/t12?,15?,16-;;;;/m1..../s1. The minimum Gasteiger partial charge on any atom is -0.412 e. The molecule has 1 aliphatic heterocycles. The molecule has 6 N–H and O–H groups in total. The molecule has 8 heteroatoms. The van der Waals surface area contributed by atoms with Crippen molar-refractivity contribution in [3.05, 3.63) is 34.9 Å². The lowest BCUT2D eigenvalue weighted by Gasteiger charge is -2.45. The Labute approximate surface area is 198 Å². The lowest BCUT2D eigenvalue weighted by Crippen LogP contribution is -2.56. The summed E-state index contributed by atoms with van der Waals surface area (Å²) in [5.74, 6) is 0.0857. The molecule has 7 nitrogen and oxygen atoms in total. The third-order valence-electron chi connectivity index (χ3n) is 6.06. The second-order valence-corrected chi connectivity index (χ2v) is 9.35. The number of benzene rings is 1. The van der Waals surface area contributed by atoms with Crippen molar-refractivity contribution in [2.24, 2.45) is 5.41 Å². The topological polar surface area (TPSA) is 133 Å². The Bertz CT molecular complexity index is 655.